The summed E-state index contributed by atoms with van der Waals surface area (Å²) in [5, 5.41) is 7.41. The second-order valence-electron chi connectivity index (χ2n) is 7.11. The molecule has 2 aromatic heterocycles. The Labute approximate surface area is 188 Å². The average Bonchev–Trinajstić information content (AvgIpc) is 3.26. The van der Waals surface area contributed by atoms with Crippen molar-refractivity contribution in [3.63, 3.8) is 0 Å². The summed E-state index contributed by atoms with van der Waals surface area (Å²) in [4.78, 5) is 36.0. The van der Waals surface area contributed by atoms with Crippen molar-refractivity contribution in [2.75, 3.05) is 11.9 Å². The van der Waals surface area contributed by atoms with Gasteiger partial charge in [0, 0.05) is 40.5 Å². The van der Waals surface area contributed by atoms with Crippen molar-refractivity contribution < 1.29 is 23.5 Å². The Morgan fingerprint density at radius 1 is 1.09 bits per heavy atom. The normalized spacial score (nSPS) is 10.7. The highest BCUT2D eigenvalue weighted by Crippen LogP contribution is 2.22. The van der Waals surface area contributed by atoms with Gasteiger partial charge < -0.3 is 13.9 Å². The molecule has 168 valence electrons. The van der Waals surface area contributed by atoms with E-state index in [-0.39, 0.29) is 25.2 Å². The fourth-order valence-corrected chi connectivity index (χ4v) is 3.26. The fraction of sp³-hybridized carbons (Fsp3) is 0.167. The summed E-state index contributed by atoms with van der Waals surface area (Å²) in [7, 11) is 0. The minimum absolute atomic E-state index is 0.0415. The highest BCUT2D eigenvalue weighted by molar-refractivity contribution is 5.90. The molecule has 0 spiro atoms. The molecule has 2 aromatic carbocycles. The summed E-state index contributed by atoms with van der Waals surface area (Å²) in [5.74, 6) is -0.454. The van der Waals surface area contributed by atoms with E-state index in [0.29, 0.717) is 22.2 Å². The number of aromatic nitrogens is 2. The van der Waals surface area contributed by atoms with Crippen LogP contribution in [0.15, 0.2) is 76.2 Å². The summed E-state index contributed by atoms with van der Waals surface area (Å²) in [5.41, 5.74) is 2.16. The molecular weight excluding hydrogens is 426 g/mol. The fourth-order valence-electron chi connectivity index (χ4n) is 3.26. The summed E-state index contributed by atoms with van der Waals surface area (Å²) < 4.78 is 17.1. The van der Waals surface area contributed by atoms with E-state index in [0.717, 1.165) is 5.69 Å². The van der Waals surface area contributed by atoms with E-state index in [9.17, 15) is 14.4 Å². The van der Waals surface area contributed by atoms with Crippen molar-refractivity contribution in [2.45, 2.75) is 20.0 Å². The van der Waals surface area contributed by atoms with Gasteiger partial charge in [-0.25, -0.2) is 14.3 Å². The van der Waals surface area contributed by atoms with Crippen LogP contribution in [0.1, 0.15) is 18.1 Å². The largest absolute Gasteiger partial charge is 0.461 e. The molecule has 0 atom stereocenters. The number of para-hydroxylation sites is 1. The SMILES string of the molecule is CCOC(=O)Nc1ccc2c(COC(=O)Cc3cnn(-c4ccccc4)c3)cc(=O)oc2c1. The number of fused-ring (bicyclic) bond motifs is 1. The second kappa shape index (κ2) is 9.82. The van der Waals surface area contributed by atoms with Crippen LogP contribution in [0.25, 0.3) is 16.7 Å². The van der Waals surface area contributed by atoms with E-state index in [1.807, 2.05) is 30.3 Å². The van der Waals surface area contributed by atoms with Gasteiger partial charge in [-0.05, 0) is 31.2 Å². The van der Waals surface area contributed by atoms with Crippen molar-refractivity contribution in [1.29, 1.82) is 0 Å². The van der Waals surface area contributed by atoms with Crippen molar-refractivity contribution in [1.82, 2.24) is 9.78 Å². The first-order chi connectivity index (χ1) is 16.0. The van der Waals surface area contributed by atoms with Crippen LogP contribution in [0.4, 0.5) is 10.5 Å². The molecule has 0 saturated carbocycles. The molecule has 0 bridgehead atoms. The van der Waals surface area contributed by atoms with Crippen molar-refractivity contribution >= 4 is 28.7 Å². The van der Waals surface area contributed by atoms with Crippen LogP contribution in [0.5, 0.6) is 0 Å². The Bertz CT molecular complexity index is 1340. The zero-order valence-electron chi connectivity index (χ0n) is 17.8. The minimum Gasteiger partial charge on any atom is -0.461 e. The van der Waals surface area contributed by atoms with E-state index >= 15 is 0 Å². The van der Waals surface area contributed by atoms with E-state index in [4.69, 9.17) is 13.9 Å². The van der Waals surface area contributed by atoms with Crippen LogP contribution in [0.3, 0.4) is 0 Å². The van der Waals surface area contributed by atoms with Crippen molar-refractivity contribution in [2.24, 2.45) is 0 Å². The number of esters is 1. The molecule has 4 rings (SSSR count). The number of hydrogen-bond donors (Lipinski definition) is 1. The number of anilines is 1. The van der Waals surface area contributed by atoms with Gasteiger partial charge in [0.05, 0.1) is 24.9 Å². The van der Waals surface area contributed by atoms with Crippen LogP contribution in [-0.4, -0.2) is 28.4 Å². The number of nitrogens with zero attached hydrogens (tertiary/aromatic N) is 2. The Morgan fingerprint density at radius 2 is 1.91 bits per heavy atom. The molecule has 0 aliphatic rings. The third kappa shape index (κ3) is 5.45. The Balaban J connectivity index is 1.43. The molecule has 0 fully saturated rings. The maximum Gasteiger partial charge on any atom is 0.411 e. The number of rotatable bonds is 7. The Hall–Kier alpha value is -4.40. The maximum absolute atomic E-state index is 12.4. The molecule has 0 aliphatic carbocycles. The number of benzene rings is 2. The zero-order chi connectivity index (χ0) is 23.2. The third-order valence-corrected chi connectivity index (χ3v) is 4.75. The summed E-state index contributed by atoms with van der Waals surface area (Å²) in [6, 6.07) is 15.7. The van der Waals surface area contributed by atoms with Crippen LogP contribution < -0.4 is 10.9 Å². The number of carbonyl (C=O) groups excluding carboxylic acids is 2. The lowest BCUT2D eigenvalue weighted by atomic mass is 10.1. The maximum atomic E-state index is 12.4. The highest BCUT2D eigenvalue weighted by Gasteiger charge is 2.12. The highest BCUT2D eigenvalue weighted by atomic mass is 16.5. The molecule has 0 radical (unpaired) electrons. The quantitative estimate of drug-likeness (QED) is 0.338. The van der Waals surface area contributed by atoms with Gasteiger partial charge in [-0.2, -0.15) is 5.10 Å². The average molecular weight is 447 g/mol. The Kier molecular flexibility index (Phi) is 6.49. The lowest BCUT2D eigenvalue weighted by Crippen LogP contribution is -2.13. The van der Waals surface area contributed by atoms with Gasteiger partial charge in [-0.15, -0.1) is 0 Å². The van der Waals surface area contributed by atoms with Gasteiger partial charge >= 0.3 is 17.7 Å². The number of nitrogens with one attached hydrogen (secondary N) is 1. The van der Waals surface area contributed by atoms with Gasteiger partial charge in [0.2, 0.25) is 0 Å². The molecule has 2 heterocycles. The summed E-state index contributed by atoms with van der Waals surface area (Å²) >= 11 is 0. The molecule has 9 nitrogen and oxygen atoms in total. The number of amides is 1. The summed E-state index contributed by atoms with van der Waals surface area (Å²) in [6.07, 6.45) is 2.81. The molecule has 9 heteroatoms. The van der Waals surface area contributed by atoms with Crippen molar-refractivity contribution in [3.05, 3.63) is 88.5 Å². The first-order valence-electron chi connectivity index (χ1n) is 10.3. The van der Waals surface area contributed by atoms with Crippen LogP contribution in [0, 0.1) is 0 Å². The second-order valence-corrected chi connectivity index (χ2v) is 7.11. The van der Waals surface area contributed by atoms with Crippen LogP contribution in [-0.2, 0) is 27.3 Å². The topological polar surface area (TPSA) is 113 Å². The van der Waals surface area contributed by atoms with Crippen molar-refractivity contribution in [3.8, 4) is 5.69 Å². The van der Waals surface area contributed by atoms with Gasteiger partial charge in [0.15, 0.2) is 0 Å². The first-order valence-corrected chi connectivity index (χ1v) is 10.3. The molecule has 0 saturated heterocycles. The molecule has 1 N–H and O–H groups in total. The molecule has 1 amide bonds. The smallest absolute Gasteiger partial charge is 0.411 e. The Morgan fingerprint density at radius 3 is 2.70 bits per heavy atom. The predicted octanol–water partition coefficient (Wildman–Crippen LogP) is 3.83. The number of carbonyl (C=O) groups is 2. The molecule has 0 unspecified atom stereocenters. The standard InChI is InChI=1S/C24H21N3O6/c1-2-31-24(30)26-18-8-9-20-17(11-23(29)33-21(20)12-18)15-32-22(28)10-16-13-25-27(14-16)19-6-4-3-5-7-19/h3-9,11-14H,2,10,15H2,1H3,(H,26,30). The molecule has 0 aliphatic heterocycles. The third-order valence-electron chi connectivity index (χ3n) is 4.75. The summed E-state index contributed by atoms with van der Waals surface area (Å²) in [6.45, 7) is 1.83. The molecular formula is C24H21N3O6. The van der Waals surface area contributed by atoms with Gasteiger partial charge in [-0.3, -0.25) is 10.1 Å². The van der Waals surface area contributed by atoms with Crippen LogP contribution in [0.2, 0.25) is 0 Å². The predicted molar refractivity (Wildman–Crippen MR) is 120 cm³/mol. The van der Waals surface area contributed by atoms with Gasteiger partial charge in [0.1, 0.15) is 12.2 Å². The minimum atomic E-state index is -0.611. The van der Waals surface area contributed by atoms with E-state index < -0.39 is 17.7 Å². The molecule has 4 aromatic rings. The van der Waals surface area contributed by atoms with Gasteiger partial charge in [-0.1, -0.05) is 18.2 Å². The van der Waals surface area contributed by atoms with E-state index in [1.54, 1.807) is 36.1 Å². The number of hydrogen-bond acceptors (Lipinski definition) is 7. The van der Waals surface area contributed by atoms with Gasteiger partial charge in [0.25, 0.3) is 0 Å². The monoisotopic (exact) mass is 447 g/mol. The molecule has 33 heavy (non-hydrogen) atoms. The number of ether oxygens (including phenoxy) is 2. The lowest BCUT2D eigenvalue weighted by molar-refractivity contribution is -0.144. The lowest BCUT2D eigenvalue weighted by Gasteiger charge is -2.09. The van der Waals surface area contributed by atoms with Crippen LogP contribution >= 0.6 is 0 Å². The zero-order valence-corrected chi connectivity index (χ0v) is 17.8. The van der Waals surface area contributed by atoms with E-state index in [2.05, 4.69) is 10.4 Å². The first kappa shape index (κ1) is 21.8. The van der Waals surface area contributed by atoms with E-state index in [1.165, 1.54) is 12.1 Å².